The van der Waals surface area contributed by atoms with Crippen LogP contribution in [0.25, 0.3) is 0 Å². The van der Waals surface area contributed by atoms with E-state index in [1.54, 1.807) is 0 Å². The van der Waals surface area contributed by atoms with Gasteiger partial charge in [-0.25, -0.2) is 0 Å². The summed E-state index contributed by atoms with van der Waals surface area (Å²) in [6.07, 6.45) is 3.69. The molecule has 0 N–H and O–H groups in total. The van der Waals surface area contributed by atoms with Crippen molar-refractivity contribution in [2.24, 2.45) is 11.8 Å². The molecule has 3 aliphatic carbocycles. The molecule has 7 heteroatoms. The lowest BCUT2D eigenvalue weighted by atomic mass is 9.84. The molecule has 5 atom stereocenters. The van der Waals surface area contributed by atoms with Crippen LogP contribution in [0, 0.1) is 11.8 Å². The topological polar surface area (TPSA) is 0 Å². The lowest BCUT2D eigenvalue weighted by molar-refractivity contribution is 0.420. The number of rotatable bonds is 0. The van der Waals surface area contributed by atoms with Gasteiger partial charge >= 0.3 is 0 Å². The van der Waals surface area contributed by atoms with Crippen LogP contribution in [0.15, 0.2) is 22.2 Å². The van der Waals surface area contributed by atoms with Crippen LogP contribution in [-0.4, -0.2) is 19.5 Å². The van der Waals surface area contributed by atoms with Gasteiger partial charge in [0.05, 0.1) is 15.4 Å². The fourth-order valence-corrected chi connectivity index (χ4v) is 6.60. The molecule has 3 rings (SSSR count). The molecule has 17 heavy (non-hydrogen) atoms. The maximum absolute atomic E-state index is 6.57. The van der Waals surface area contributed by atoms with E-state index < -0.39 is 14.1 Å². The van der Waals surface area contributed by atoms with Gasteiger partial charge < -0.3 is 0 Å². The summed E-state index contributed by atoms with van der Waals surface area (Å²) in [4.78, 5) is -2.45. The van der Waals surface area contributed by atoms with Crippen molar-refractivity contribution in [2.75, 3.05) is 0 Å². The minimum absolute atomic E-state index is 0.205. The highest BCUT2D eigenvalue weighted by Crippen LogP contribution is 2.78. The van der Waals surface area contributed by atoms with E-state index in [2.05, 4.69) is 0 Å². The van der Waals surface area contributed by atoms with Crippen LogP contribution in [0.1, 0.15) is 0 Å². The summed E-state index contributed by atoms with van der Waals surface area (Å²) >= 11 is 44.5. The molecule has 94 valence electrons. The lowest BCUT2D eigenvalue weighted by Gasteiger charge is -2.34. The molecule has 0 heterocycles. The summed E-state index contributed by atoms with van der Waals surface area (Å²) in [5.41, 5.74) is 0. The first kappa shape index (κ1) is 13.5. The van der Waals surface area contributed by atoms with Gasteiger partial charge in [-0.2, -0.15) is 0 Å². The van der Waals surface area contributed by atoms with Crippen molar-refractivity contribution in [3.05, 3.63) is 22.2 Å². The van der Waals surface area contributed by atoms with E-state index in [-0.39, 0.29) is 27.3 Å². The number of allylic oxidation sites excluding steroid dienone is 4. The SMILES string of the molecule is ClC1=C(Cl)[C@@]2(Cl)[C@@H]3C=C[C@H](Cl)[C@H]3[C@@]1(Cl)C2(Cl)Cl. The third-order valence-electron chi connectivity index (χ3n) is 3.90. The van der Waals surface area contributed by atoms with Crippen molar-refractivity contribution in [1.82, 2.24) is 0 Å². The summed E-state index contributed by atoms with van der Waals surface area (Å²) in [6.45, 7) is 0. The number of hydrogen-bond donors (Lipinski definition) is 0. The molecule has 0 nitrogen and oxygen atoms in total. The summed E-state index contributed by atoms with van der Waals surface area (Å²) in [6, 6.07) is 0. The average molecular weight is 373 g/mol. The first-order valence-corrected chi connectivity index (χ1v) is 7.55. The summed E-state index contributed by atoms with van der Waals surface area (Å²) in [7, 11) is 0. The Kier molecular flexibility index (Phi) is 2.84. The third kappa shape index (κ3) is 1.15. The van der Waals surface area contributed by atoms with Crippen molar-refractivity contribution in [1.29, 1.82) is 0 Å². The Labute approximate surface area is 134 Å². The molecule has 0 aromatic rings. The Morgan fingerprint density at radius 1 is 0.882 bits per heavy atom. The minimum atomic E-state index is -1.48. The number of fused-ring (bicyclic) bond motifs is 5. The van der Waals surface area contributed by atoms with Crippen molar-refractivity contribution in [3.8, 4) is 0 Å². The van der Waals surface area contributed by atoms with Crippen LogP contribution in [0.3, 0.4) is 0 Å². The van der Waals surface area contributed by atoms with Gasteiger partial charge in [-0.1, -0.05) is 58.6 Å². The highest BCUT2D eigenvalue weighted by atomic mass is 35.5. The number of alkyl halides is 5. The second kappa shape index (κ2) is 3.58. The molecule has 0 aliphatic heterocycles. The van der Waals surface area contributed by atoms with E-state index in [4.69, 9.17) is 81.2 Å². The Hall–Kier alpha value is 1.51. The highest BCUT2D eigenvalue weighted by molar-refractivity contribution is 6.66. The maximum Gasteiger partial charge on any atom is 0.167 e. The van der Waals surface area contributed by atoms with Gasteiger partial charge in [-0.05, 0) is 0 Å². The molecule has 0 amide bonds. The van der Waals surface area contributed by atoms with Gasteiger partial charge in [-0.15, -0.1) is 34.8 Å². The van der Waals surface area contributed by atoms with Gasteiger partial charge in [0.25, 0.3) is 0 Å². The Bertz CT molecular complexity index is 467. The first-order chi connectivity index (χ1) is 7.70. The Morgan fingerprint density at radius 3 is 2.00 bits per heavy atom. The van der Waals surface area contributed by atoms with Crippen molar-refractivity contribution in [3.63, 3.8) is 0 Å². The maximum atomic E-state index is 6.57. The Morgan fingerprint density at radius 2 is 1.41 bits per heavy atom. The number of halogens is 7. The second-order valence-corrected chi connectivity index (χ2v) is 8.29. The van der Waals surface area contributed by atoms with Crippen LogP contribution >= 0.6 is 81.2 Å². The fraction of sp³-hybridized carbons (Fsp3) is 0.600. The molecule has 1 saturated carbocycles. The van der Waals surface area contributed by atoms with E-state index >= 15 is 0 Å². The van der Waals surface area contributed by atoms with Gasteiger partial charge in [0.2, 0.25) is 0 Å². The molecule has 0 unspecified atom stereocenters. The smallest absolute Gasteiger partial charge is 0.118 e. The van der Waals surface area contributed by atoms with Crippen molar-refractivity contribution >= 4 is 81.2 Å². The van der Waals surface area contributed by atoms with Gasteiger partial charge in [-0.3, -0.25) is 0 Å². The molecule has 3 aliphatic rings. The normalized spacial score (nSPS) is 54.6. The Balaban J connectivity index is 2.32. The average Bonchev–Trinajstić information content (AvgIpc) is 2.73. The molecular formula is C10H5Cl7. The summed E-state index contributed by atoms with van der Waals surface area (Å²) in [5.74, 6) is -0.470. The van der Waals surface area contributed by atoms with E-state index in [9.17, 15) is 0 Å². The quantitative estimate of drug-likeness (QED) is 0.402. The standard InChI is InChI=1S/C10H5Cl7/c11-4-2-1-3-5(4)9(15)7(13)6(12)8(3,14)10(9,16)17/h1-5H/t3-,4+,5+,8+,9+/m1/s1. The van der Waals surface area contributed by atoms with Crippen LogP contribution < -0.4 is 0 Å². The minimum Gasteiger partial charge on any atom is -0.118 e. The molecular weight excluding hydrogens is 368 g/mol. The van der Waals surface area contributed by atoms with Crippen LogP contribution in [-0.2, 0) is 0 Å². The van der Waals surface area contributed by atoms with Crippen LogP contribution in [0.4, 0.5) is 0 Å². The van der Waals surface area contributed by atoms with E-state index in [1.807, 2.05) is 12.2 Å². The largest absolute Gasteiger partial charge is 0.167 e. The van der Waals surface area contributed by atoms with Crippen LogP contribution in [0.2, 0.25) is 0 Å². The third-order valence-corrected chi connectivity index (χ3v) is 8.61. The van der Waals surface area contributed by atoms with Gasteiger partial charge in [0.1, 0.15) is 9.75 Å². The highest BCUT2D eigenvalue weighted by Gasteiger charge is 2.83. The molecule has 0 aromatic carbocycles. The lowest BCUT2D eigenvalue weighted by Crippen LogP contribution is -2.45. The predicted molar refractivity (Wildman–Crippen MR) is 76.1 cm³/mol. The zero-order chi connectivity index (χ0) is 12.8. The molecule has 0 saturated heterocycles. The molecule has 2 bridgehead atoms. The van der Waals surface area contributed by atoms with Gasteiger partial charge in [0, 0.05) is 11.8 Å². The molecule has 0 spiro atoms. The first-order valence-electron chi connectivity index (χ1n) is 4.85. The molecule has 1 fully saturated rings. The number of hydrogen-bond acceptors (Lipinski definition) is 0. The zero-order valence-electron chi connectivity index (χ0n) is 8.03. The molecule has 0 aromatic heterocycles. The van der Waals surface area contributed by atoms with Crippen molar-refractivity contribution < 1.29 is 0 Å². The fourth-order valence-electron chi connectivity index (χ4n) is 3.08. The van der Waals surface area contributed by atoms with E-state index in [1.165, 1.54) is 0 Å². The van der Waals surface area contributed by atoms with E-state index in [0.717, 1.165) is 0 Å². The summed E-state index contributed by atoms with van der Waals surface area (Å²) in [5, 5.41) is 0.113. The molecule has 0 radical (unpaired) electrons. The predicted octanol–water partition coefficient (Wildman–Crippen LogP) is 5.24. The van der Waals surface area contributed by atoms with Gasteiger partial charge in [0.15, 0.2) is 4.33 Å². The van der Waals surface area contributed by atoms with Crippen molar-refractivity contribution in [2.45, 2.75) is 19.5 Å². The van der Waals surface area contributed by atoms with E-state index in [0.29, 0.717) is 0 Å². The van der Waals surface area contributed by atoms with Crippen LogP contribution in [0.5, 0.6) is 0 Å². The monoisotopic (exact) mass is 370 g/mol. The summed E-state index contributed by atoms with van der Waals surface area (Å²) < 4.78 is -1.48. The second-order valence-electron chi connectivity index (χ2n) is 4.51. The zero-order valence-corrected chi connectivity index (χ0v) is 13.3.